The van der Waals surface area contributed by atoms with Gasteiger partial charge in [-0.3, -0.25) is 4.79 Å². The molecule has 1 saturated heterocycles. The van der Waals surface area contributed by atoms with Crippen LogP contribution in [0, 0.1) is 11.3 Å². The molecule has 3 atom stereocenters. The molecule has 3 heteroatoms. The van der Waals surface area contributed by atoms with Crippen molar-refractivity contribution in [2.45, 2.75) is 39.7 Å². The molecule has 16 heavy (non-hydrogen) atoms. The summed E-state index contributed by atoms with van der Waals surface area (Å²) < 4.78 is 11.0. The number of fused-ring (bicyclic) bond motifs is 2. The number of esters is 1. The fourth-order valence-electron chi connectivity index (χ4n) is 2.73. The smallest absolute Gasteiger partial charge is 0.302 e. The van der Waals surface area contributed by atoms with E-state index >= 15 is 0 Å². The highest BCUT2D eigenvalue weighted by molar-refractivity contribution is 5.65. The first-order valence-corrected chi connectivity index (χ1v) is 5.94. The maximum atomic E-state index is 10.9. The third-order valence-corrected chi connectivity index (χ3v) is 3.90. The Bertz CT molecular complexity index is 321. The summed E-state index contributed by atoms with van der Waals surface area (Å²) in [5.41, 5.74) is 1.45. The Morgan fingerprint density at radius 2 is 2.44 bits per heavy atom. The number of allylic oxidation sites excluding steroid dienone is 1. The molecule has 90 valence electrons. The number of ether oxygens (including phenoxy) is 2. The molecule has 0 saturated carbocycles. The first kappa shape index (κ1) is 11.6. The van der Waals surface area contributed by atoms with Crippen molar-refractivity contribution in [2.75, 3.05) is 13.2 Å². The SMILES string of the molecule is CC(=O)OC[C@@]12CC=C(C)[C@@H](C1)C(C)OC2. The number of carbonyl (C=O) groups excluding carboxylic acids is 1. The number of hydrogen-bond donors (Lipinski definition) is 0. The van der Waals surface area contributed by atoms with Crippen LogP contribution in [0.1, 0.15) is 33.6 Å². The Kier molecular flexibility index (Phi) is 3.06. The van der Waals surface area contributed by atoms with Gasteiger partial charge in [0.1, 0.15) is 0 Å². The van der Waals surface area contributed by atoms with Crippen molar-refractivity contribution in [3.05, 3.63) is 11.6 Å². The fraction of sp³-hybridized carbons (Fsp3) is 0.769. The van der Waals surface area contributed by atoms with E-state index in [9.17, 15) is 4.79 Å². The lowest BCUT2D eigenvalue weighted by atomic mass is 9.68. The standard InChI is InChI=1S/C13H20O3/c1-9-4-5-13(8-16-11(3)14)6-12(9)10(2)15-7-13/h4,10,12H,5-8H2,1-3H3/t10?,12-,13+/m1/s1. The minimum Gasteiger partial charge on any atom is -0.465 e. The van der Waals surface area contributed by atoms with E-state index in [4.69, 9.17) is 9.47 Å². The van der Waals surface area contributed by atoms with Crippen LogP contribution in [0.15, 0.2) is 11.6 Å². The van der Waals surface area contributed by atoms with E-state index in [0.717, 1.165) is 12.8 Å². The first-order valence-electron chi connectivity index (χ1n) is 5.94. The summed E-state index contributed by atoms with van der Waals surface area (Å²) in [6.07, 6.45) is 4.64. The van der Waals surface area contributed by atoms with Gasteiger partial charge >= 0.3 is 5.97 Å². The molecule has 1 heterocycles. The Balaban J connectivity index is 2.09. The molecule has 0 amide bonds. The number of hydrogen-bond acceptors (Lipinski definition) is 3. The van der Waals surface area contributed by atoms with Crippen molar-refractivity contribution in [1.82, 2.24) is 0 Å². The van der Waals surface area contributed by atoms with E-state index in [1.165, 1.54) is 12.5 Å². The molecule has 2 rings (SSSR count). The Labute approximate surface area is 96.8 Å². The van der Waals surface area contributed by atoms with Crippen molar-refractivity contribution >= 4 is 5.97 Å². The lowest BCUT2D eigenvalue weighted by Crippen LogP contribution is -2.46. The van der Waals surface area contributed by atoms with Crippen molar-refractivity contribution in [3.63, 3.8) is 0 Å². The van der Waals surface area contributed by atoms with E-state index in [-0.39, 0.29) is 11.4 Å². The van der Waals surface area contributed by atoms with Crippen LogP contribution in [0.3, 0.4) is 0 Å². The van der Waals surface area contributed by atoms with Crippen molar-refractivity contribution < 1.29 is 14.3 Å². The van der Waals surface area contributed by atoms with Gasteiger partial charge in [0.2, 0.25) is 0 Å². The molecule has 2 aliphatic rings. The van der Waals surface area contributed by atoms with Crippen molar-refractivity contribution in [3.8, 4) is 0 Å². The van der Waals surface area contributed by atoms with E-state index in [1.54, 1.807) is 0 Å². The largest absolute Gasteiger partial charge is 0.465 e. The Morgan fingerprint density at radius 1 is 1.69 bits per heavy atom. The fourth-order valence-corrected chi connectivity index (χ4v) is 2.73. The molecule has 0 spiro atoms. The van der Waals surface area contributed by atoms with Gasteiger partial charge in [0.15, 0.2) is 0 Å². The Hall–Kier alpha value is -0.830. The average Bonchev–Trinajstić information content (AvgIpc) is 2.26. The third-order valence-electron chi connectivity index (χ3n) is 3.90. The second-order valence-electron chi connectivity index (χ2n) is 5.26. The average molecular weight is 224 g/mol. The van der Waals surface area contributed by atoms with Gasteiger partial charge in [-0.1, -0.05) is 11.6 Å². The van der Waals surface area contributed by atoms with E-state index < -0.39 is 0 Å². The molecule has 1 fully saturated rings. The highest BCUT2D eigenvalue weighted by Gasteiger charge is 2.43. The zero-order valence-corrected chi connectivity index (χ0v) is 10.3. The molecule has 1 aliphatic heterocycles. The molecule has 0 aromatic heterocycles. The molecular weight excluding hydrogens is 204 g/mol. The molecule has 3 nitrogen and oxygen atoms in total. The van der Waals surface area contributed by atoms with Gasteiger partial charge in [-0.05, 0) is 26.7 Å². The van der Waals surface area contributed by atoms with Crippen LogP contribution in [-0.2, 0) is 14.3 Å². The zero-order valence-electron chi connectivity index (χ0n) is 10.3. The lowest BCUT2D eigenvalue weighted by Gasteiger charge is -2.46. The van der Waals surface area contributed by atoms with Crippen LogP contribution >= 0.6 is 0 Å². The lowest BCUT2D eigenvalue weighted by molar-refractivity contribution is -0.154. The van der Waals surface area contributed by atoms with Crippen molar-refractivity contribution in [2.24, 2.45) is 11.3 Å². The molecule has 1 unspecified atom stereocenters. The normalized spacial score (nSPS) is 37.8. The summed E-state index contributed by atoms with van der Waals surface area (Å²) in [7, 11) is 0. The van der Waals surface area contributed by atoms with Crippen LogP contribution in [0.2, 0.25) is 0 Å². The van der Waals surface area contributed by atoms with Crippen LogP contribution in [0.25, 0.3) is 0 Å². The number of rotatable bonds is 2. The van der Waals surface area contributed by atoms with Gasteiger partial charge < -0.3 is 9.47 Å². The maximum absolute atomic E-state index is 10.9. The topological polar surface area (TPSA) is 35.5 Å². The van der Waals surface area contributed by atoms with Gasteiger partial charge in [-0.25, -0.2) is 0 Å². The van der Waals surface area contributed by atoms with Gasteiger partial charge in [-0.2, -0.15) is 0 Å². The monoisotopic (exact) mass is 224 g/mol. The molecule has 0 aromatic rings. The molecule has 2 bridgehead atoms. The quantitative estimate of drug-likeness (QED) is 0.533. The van der Waals surface area contributed by atoms with E-state index in [2.05, 4.69) is 19.9 Å². The van der Waals surface area contributed by atoms with E-state index in [1.807, 2.05) is 0 Å². The van der Waals surface area contributed by atoms with Crippen LogP contribution in [-0.4, -0.2) is 25.3 Å². The Morgan fingerprint density at radius 3 is 3.12 bits per heavy atom. The van der Waals surface area contributed by atoms with Gasteiger partial charge in [0, 0.05) is 18.3 Å². The second-order valence-corrected chi connectivity index (χ2v) is 5.26. The summed E-state index contributed by atoms with van der Waals surface area (Å²) in [5, 5.41) is 0. The molecule has 0 N–H and O–H groups in total. The predicted octanol–water partition coefficient (Wildman–Crippen LogP) is 2.31. The highest BCUT2D eigenvalue weighted by atomic mass is 16.5. The van der Waals surface area contributed by atoms with Crippen LogP contribution < -0.4 is 0 Å². The molecule has 0 radical (unpaired) electrons. The van der Waals surface area contributed by atoms with E-state index in [0.29, 0.717) is 25.2 Å². The van der Waals surface area contributed by atoms with Crippen LogP contribution in [0.5, 0.6) is 0 Å². The predicted molar refractivity (Wildman–Crippen MR) is 61.0 cm³/mol. The number of carbonyl (C=O) groups is 1. The summed E-state index contributed by atoms with van der Waals surface area (Å²) in [5.74, 6) is 0.300. The van der Waals surface area contributed by atoms with Crippen molar-refractivity contribution in [1.29, 1.82) is 0 Å². The third kappa shape index (κ3) is 2.14. The van der Waals surface area contributed by atoms with Gasteiger partial charge in [0.25, 0.3) is 0 Å². The molecule has 1 aliphatic carbocycles. The molecule has 0 aromatic carbocycles. The van der Waals surface area contributed by atoms with Crippen LogP contribution in [0.4, 0.5) is 0 Å². The van der Waals surface area contributed by atoms with Gasteiger partial charge in [0.05, 0.1) is 19.3 Å². The van der Waals surface area contributed by atoms with Gasteiger partial charge in [-0.15, -0.1) is 0 Å². The summed E-state index contributed by atoms with van der Waals surface area (Å²) in [6.45, 7) is 6.97. The summed E-state index contributed by atoms with van der Waals surface area (Å²) in [4.78, 5) is 10.9. The highest BCUT2D eigenvalue weighted by Crippen LogP contribution is 2.45. The zero-order chi connectivity index (χ0) is 11.8. The maximum Gasteiger partial charge on any atom is 0.302 e. The summed E-state index contributed by atoms with van der Waals surface area (Å²) >= 11 is 0. The first-order chi connectivity index (χ1) is 7.52. The molecular formula is C13H20O3. The second kappa shape index (κ2) is 4.21. The minimum atomic E-state index is -0.198. The minimum absolute atomic E-state index is 0.0301. The summed E-state index contributed by atoms with van der Waals surface area (Å²) in [6, 6.07) is 0.